The van der Waals surface area contributed by atoms with E-state index in [1.54, 1.807) is 19.2 Å². The molecule has 1 saturated carbocycles. The van der Waals surface area contributed by atoms with E-state index >= 15 is 0 Å². The van der Waals surface area contributed by atoms with Gasteiger partial charge in [0, 0.05) is 30.8 Å². The van der Waals surface area contributed by atoms with Crippen LogP contribution in [0.25, 0.3) is 10.4 Å². The summed E-state index contributed by atoms with van der Waals surface area (Å²) in [5.41, 5.74) is 0.173. The minimum atomic E-state index is -2.86. The molecule has 1 aliphatic carbocycles. The summed E-state index contributed by atoms with van der Waals surface area (Å²) in [4.78, 5) is 47.6. The van der Waals surface area contributed by atoms with Gasteiger partial charge in [0.1, 0.15) is 11.6 Å². The second-order valence-electron chi connectivity index (χ2n) is 7.69. The smallest absolute Gasteiger partial charge is 0.323 e. The van der Waals surface area contributed by atoms with E-state index in [0.29, 0.717) is 21.7 Å². The number of nitriles is 1. The molecule has 8 nitrogen and oxygen atoms in total. The van der Waals surface area contributed by atoms with Crippen LogP contribution >= 0.6 is 11.3 Å². The Morgan fingerprint density at radius 1 is 1.29 bits per heavy atom. The van der Waals surface area contributed by atoms with Gasteiger partial charge in [0.05, 0.1) is 22.7 Å². The van der Waals surface area contributed by atoms with E-state index in [9.17, 15) is 23.2 Å². The Morgan fingerprint density at radius 2 is 2.00 bits per heavy atom. The Labute approximate surface area is 179 Å². The number of aryl methyl sites for hydroxylation is 1. The van der Waals surface area contributed by atoms with Crippen LogP contribution in [0.4, 0.5) is 13.6 Å². The van der Waals surface area contributed by atoms with Gasteiger partial charge in [0.15, 0.2) is 5.01 Å². The zero-order valence-electron chi connectivity index (χ0n) is 16.4. The third kappa shape index (κ3) is 3.79. The maximum atomic E-state index is 13.5. The summed E-state index contributed by atoms with van der Waals surface area (Å²) in [5, 5.41) is 11.7. The van der Waals surface area contributed by atoms with Gasteiger partial charge in [-0.3, -0.25) is 19.5 Å². The molecular formula is C20H17F2N5O3S. The first-order chi connectivity index (χ1) is 14.6. The Balaban J connectivity index is 1.52. The maximum absolute atomic E-state index is 13.5. The molecule has 1 N–H and O–H groups in total. The number of hydrogen-bond donors (Lipinski definition) is 1. The molecule has 11 heteroatoms. The largest absolute Gasteiger partial charge is 0.325 e. The molecule has 2 fully saturated rings. The zero-order chi connectivity index (χ0) is 22.4. The molecule has 160 valence electrons. The predicted octanol–water partition coefficient (Wildman–Crippen LogP) is 3.07. The average molecular weight is 445 g/mol. The van der Waals surface area contributed by atoms with Gasteiger partial charge in [-0.2, -0.15) is 5.26 Å². The first-order valence-electron chi connectivity index (χ1n) is 9.52. The quantitative estimate of drug-likeness (QED) is 0.571. The van der Waals surface area contributed by atoms with Crippen molar-refractivity contribution in [2.45, 2.75) is 44.1 Å². The second-order valence-corrected chi connectivity index (χ2v) is 8.69. The second kappa shape index (κ2) is 7.46. The van der Waals surface area contributed by atoms with E-state index in [1.165, 1.54) is 6.20 Å². The van der Waals surface area contributed by atoms with E-state index in [2.05, 4.69) is 15.3 Å². The number of nitrogens with one attached hydrogen (secondary N) is 1. The SMILES string of the molecule is Cc1nc(C(=O)CN2C(=O)NC3(CCC(F)(F)CC3)C2=O)sc1-c1cncc(C#N)c1. The summed E-state index contributed by atoms with van der Waals surface area (Å²) in [6.07, 6.45) is 1.64. The van der Waals surface area contributed by atoms with E-state index in [0.717, 1.165) is 16.2 Å². The molecule has 2 aliphatic rings. The standard InChI is InChI=1S/C20H17F2N5O3S/c1-11-15(13-6-12(7-23)8-24-9-13)31-16(25-11)14(28)10-27-17(29)19(26-18(27)30)2-4-20(21,22)5-3-19/h6,8-9H,2-5,10H2,1H3,(H,26,30). The van der Waals surface area contributed by atoms with Crippen LogP contribution in [0.1, 0.15) is 46.7 Å². The summed E-state index contributed by atoms with van der Waals surface area (Å²) in [7, 11) is 0. The lowest BCUT2D eigenvalue weighted by Crippen LogP contribution is -2.51. The lowest BCUT2D eigenvalue weighted by molar-refractivity contribution is -0.135. The van der Waals surface area contributed by atoms with Gasteiger partial charge in [-0.05, 0) is 25.8 Å². The van der Waals surface area contributed by atoms with Crippen molar-refractivity contribution in [2.75, 3.05) is 6.54 Å². The summed E-state index contributed by atoms with van der Waals surface area (Å²) in [5.74, 6) is -4.04. The summed E-state index contributed by atoms with van der Waals surface area (Å²) in [6, 6.07) is 2.86. The number of carbonyl (C=O) groups is 3. The topological polar surface area (TPSA) is 116 Å². The van der Waals surface area contributed by atoms with E-state index < -0.39 is 48.6 Å². The highest BCUT2D eigenvalue weighted by molar-refractivity contribution is 7.17. The average Bonchev–Trinajstić information content (AvgIpc) is 3.24. The number of alkyl halides is 2. The molecular weight excluding hydrogens is 428 g/mol. The predicted molar refractivity (Wildman–Crippen MR) is 106 cm³/mol. The molecule has 31 heavy (non-hydrogen) atoms. The van der Waals surface area contributed by atoms with Gasteiger partial charge in [0.2, 0.25) is 11.7 Å². The van der Waals surface area contributed by atoms with Crippen LogP contribution in [-0.4, -0.2) is 50.6 Å². The summed E-state index contributed by atoms with van der Waals surface area (Å²) in [6.45, 7) is 1.18. The van der Waals surface area contributed by atoms with Crippen molar-refractivity contribution in [3.8, 4) is 16.5 Å². The molecule has 3 amide bonds. The molecule has 1 aliphatic heterocycles. The van der Waals surface area contributed by atoms with E-state index in [4.69, 9.17) is 5.26 Å². The number of hydrogen-bond acceptors (Lipinski definition) is 7. The Kier molecular flexibility index (Phi) is 5.05. The fourth-order valence-corrected chi connectivity index (χ4v) is 4.80. The minimum Gasteiger partial charge on any atom is -0.323 e. The number of amides is 3. The van der Waals surface area contributed by atoms with Crippen LogP contribution in [0.5, 0.6) is 0 Å². The summed E-state index contributed by atoms with van der Waals surface area (Å²) >= 11 is 1.07. The van der Waals surface area contributed by atoms with Crippen molar-refractivity contribution >= 4 is 29.1 Å². The molecule has 1 saturated heterocycles. The molecule has 1 spiro atoms. The van der Waals surface area contributed by atoms with Crippen LogP contribution in [0.3, 0.4) is 0 Å². The van der Waals surface area contributed by atoms with Gasteiger partial charge in [-0.1, -0.05) is 0 Å². The number of Topliss-reactive ketones (excluding diaryl/α,β-unsaturated/α-hetero) is 1. The first kappa shape index (κ1) is 21.0. The minimum absolute atomic E-state index is 0.103. The number of pyridine rings is 1. The number of halogens is 2. The fraction of sp³-hybridized carbons (Fsp3) is 0.400. The molecule has 0 bridgehead atoms. The van der Waals surface area contributed by atoms with Crippen molar-refractivity contribution in [2.24, 2.45) is 0 Å². The number of imide groups is 1. The highest BCUT2D eigenvalue weighted by atomic mass is 32.1. The van der Waals surface area contributed by atoms with Crippen molar-refractivity contribution in [1.82, 2.24) is 20.2 Å². The van der Waals surface area contributed by atoms with Crippen molar-refractivity contribution in [3.63, 3.8) is 0 Å². The number of aromatic nitrogens is 2. The molecule has 2 aromatic rings. The van der Waals surface area contributed by atoms with Gasteiger partial charge in [0.25, 0.3) is 5.91 Å². The number of carbonyl (C=O) groups excluding carboxylic acids is 3. The number of ketones is 1. The lowest BCUT2D eigenvalue weighted by Gasteiger charge is -2.34. The van der Waals surface area contributed by atoms with Crippen LogP contribution in [0.15, 0.2) is 18.5 Å². The number of nitrogens with zero attached hydrogens (tertiary/aromatic N) is 4. The normalized spacial score (nSPS) is 19.4. The third-order valence-electron chi connectivity index (χ3n) is 5.55. The molecule has 3 heterocycles. The lowest BCUT2D eigenvalue weighted by atomic mass is 9.80. The van der Waals surface area contributed by atoms with Crippen LogP contribution in [-0.2, 0) is 4.79 Å². The number of rotatable bonds is 4. The van der Waals surface area contributed by atoms with E-state index in [1.807, 2.05) is 6.07 Å². The maximum Gasteiger partial charge on any atom is 0.325 e. The fourth-order valence-electron chi connectivity index (χ4n) is 3.82. The van der Waals surface area contributed by atoms with Crippen LogP contribution in [0, 0.1) is 18.3 Å². The highest BCUT2D eigenvalue weighted by Crippen LogP contribution is 2.41. The third-order valence-corrected chi connectivity index (χ3v) is 6.79. The van der Waals surface area contributed by atoms with Gasteiger partial charge in [-0.15, -0.1) is 11.3 Å². The number of thiazole rings is 1. The summed E-state index contributed by atoms with van der Waals surface area (Å²) < 4.78 is 27.0. The molecule has 2 aromatic heterocycles. The number of urea groups is 1. The molecule has 4 rings (SSSR count). The molecule has 0 aromatic carbocycles. The van der Waals surface area contributed by atoms with Crippen LogP contribution in [0.2, 0.25) is 0 Å². The van der Waals surface area contributed by atoms with Crippen molar-refractivity contribution in [1.29, 1.82) is 5.26 Å². The van der Waals surface area contributed by atoms with Gasteiger partial charge >= 0.3 is 6.03 Å². The van der Waals surface area contributed by atoms with Crippen molar-refractivity contribution in [3.05, 3.63) is 34.7 Å². The van der Waals surface area contributed by atoms with E-state index in [-0.39, 0.29) is 17.8 Å². The molecule has 0 atom stereocenters. The van der Waals surface area contributed by atoms with Gasteiger partial charge in [-0.25, -0.2) is 18.6 Å². The highest BCUT2D eigenvalue weighted by Gasteiger charge is 2.55. The monoisotopic (exact) mass is 445 g/mol. The molecule has 0 radical (unpaired) electrons. The van der Waals surface area contributed by atoms with Crippen LogP contribution < -0.4 is 5.32 Å². The Bertz CT molecular complexity index is 1130. The zero-order valence-corrected chi connectivity index (χ0v) is 17.3. The van der Waals surface area contributed by atoms with Crippen molar-refractivity contribution < 1.29 is 23.2 Å². The Morgan fingerprint density at radius 3 is 2.68 bits per heavy atom. The molecule has 0 unspecified atom stereocenters. The first-order valence-corrected chi connectivity index (χ1v) is 10.3. The van der Waals surface area contributed by atoms with Gasteiger partial charge < -0.3 is 5.32 Å². The Hall–Kier alpha value is -3.26.